The molecule has 22 heavy (non-hydrogen) atoms. The van der Waals surface area contributed by atoms with E-state index in [1.165, 1.54) is 16.4 Å². The van der Waals surface area contributed by atoms with Crippen LogP contribution in [0.1, 0.15) is 21.7 Å². The van der Waals surface area contributed by atoms with Gasteiger partial charge in [0.2, 0.25) is 10.0 Å². The highest BCUT2D eigenvalue weighted by Crippen LogP contribution is 2.26. The molecule has 0 aliphatic carbocycles. The standard InChI is InChI=1S/C13H12BrN3O4S/c14-8-1-3-9(4-2-8)22(20,21)17-6-5-10-11(7-17)15-16-12(10)13(18)19/h1-4H,5-7H2,(H,15,16)(H,18,19). The van der Waals surface area contributed by atoms with Crippen LogP contribution in [0.25, 0.3) is 0 Å². The number of nitrogens with zero attached hydrogens (tertiary/aromatic N) is 2. The Bertz CT molecular complexity index is 829. The van der Waals surface area contributed by atoms with Gasteiger partial charge in [-0.15, -0.1) is 0 Å². The van der Waals surface area contributed by atoms with E-state index >= 15 is 0 Å². The molecule has 0 saturated heterocycles. The molecule has 3 rings (SSSR count). The number of halogens is 1. The monoisotopic (exact) mass is 385 g/mol. The molecule has 116 valence electrons. The number of fused-ring (bicyclic) bond motifs is 1. The molecule has 0 radical (unpaired) electrons. The summed E-state index contributed by atoms with van der Waals surface area (Å²) >= 11 is 3.27. The van der Waals surface area contributed by atoms with Gasteiger partial charge in [0.25, 0.3) is 0 Å². The van der Waals surface area contributed by atoms with Gasteiger partial charge in [-0.3, -0.25) is 5.10 Å². The predicted octanol–water partition coefficient (Wildman–Crippen LogP) is 1.62. The van der Waals surface area contributed by atoms with Crippen LogP contribution in [0.15, 0.2) is 33.6 Å². The fourth-order valence-electron chi connectivity index (χ4n) is 2.43. The van der Waals surface area contributed by atoms with Crippen molar-refractivity contribution in [1.29, 1.82) is 0 Å². The van der Waals surface area contributed by atoms with E-state index < -0.39 is 16.0 Å². The number of carboxylic acid groups (broad SMARTS) is 1. The number of sulfonamides is 1. The first-order valence-corrected chi connectivity index (χ1v) is 8.68. The molecular weight excluding hydrogens is 374 g/mol. The van der Waals surface area contributed by atoms with Crippen LogP contribution in [0.2, 0.25) is 0 Å². The Morgan fingerprint density at radius 2 is 2.00 bits per heavy atom. The van der Waals surface area contributed by atoms with E-state index in [9.17, 15) is 13.2 Å². The van der Waals surface area contributed by atoms with Crippen molar-refractivity contribution in [1.82, 2.24) is 14.5 Å². The average molecular weight is 386 g/mol. The lowest BCUT2D eigenvalue weighted by atomic mass is 10.1. The van der Waals surface area contributed by atoms with Gasteiger partial charge in [-0.1, -0.05) is 15.9 Å². The fraction of sp³-hybridized carbons (Fsp3) is 0.231. The zero-order valence-corrected chi connectivity index (χ0v) is 13.7. The third-order valence-electron chi connectivity index (χ3n) is 3.55. The average Bonchev–Trinajstić information content (AvgIpc) is 2.90. The molecule has 1 aromatic carbocycles. The molecule has 7 nitrogen and oxygen atoms in total. The second kappa shape index (κ2) is 5.49. The molecule has 1 aliphatic heterocycles. The Kier molecular flexibility index (Phi) is 3.79. The molecule has 2 heterocycles. The number of benzene rings is 1. The Balaban J connectivity index is 1.91. The van der Waals surface area contributed by atoms with Gasteiger partial charge in [0.1, 0.15) is 0 Å². The number of hydrogen-bond donors (Lipinski definition) is 2. The number of aromatic amines is 1. The summed E-state index contributed by atoms with van der Waals surface area (Å²) in [6.07, 6.45) is 0.323. The summed E-state index contributed by atoms with van der Waals surface area (Å²) in [5, 5.41) is 15.4. The Morgan fingerprint density at radius 3 is 2.64 bits per heavy atom. The summed E-state index contributed by atoms with van der Waals surface area (Å²) in [5.41, 5.74) is 1.08. The number of carboxylic acids is 1. The van der Waals surface area contributed by atoms with Crippen LogP contribution >= 0.6 is 15.9 Å². The third kappa shape index (κ3) is 2.55. The number of nitrogens with one attached hydrogen (secondary N) is 1. The number of H-pyrrole nitrogens is 1. The molecule has 0 atom stereocenters. The van der Waals surface area contributed by atoms with Crippen molar-refractivity contribution in [3.05, 3.63) is 45.7 Å². The lowest BCUT2D eigenvalue weighted by molar-refractivity contribution is 0.0689. The van der Waals surface area contributed by atoms with Crippen LogP contribution in [0, 0.1) is 0 Å². The molecular formula is C13H12BrN3O4S. The van der Waals surface area contributed by atoms with Crippen LogP contribution in [-0.2, 0) is 23.0 Å². The number of hydrogen-bond acceptors (Lipinski definition) is 4. The zero-order chi connectivity index (χ0) is 15.9. The van der Waals surface area contributed by atoms with E-state index in [-0.39, 0.29) is 23.7 Å². The summed E-state index contributed by atoms with van der Waals surface area (Å²) < 4.78 is 27.3. The number of aromatic nitrogens is 2. The number of carbonyl (C=O) groups is 1. The third-order valence-corrected chi connectivity index (χ3v) is 5.94. The van der Waals surface area contributed by atoms with Gasteiger partial charge < -0.3 is 5.11 Å². The molecule has 0 bridgehead atoms. The highest BCUT2D eigenvalue weighted by atomic mass is 79.9. The second-order valence-electron chi connectivity index (χ2n) is 4.88. The lowest BCUT2D eigenvalue weighted by Crippen LogP contribution is -2.36. The maximum absolute atomic E-state index is 12.6. The van der Waals surface area contributed by atoms with Crippen molar-refractivity contribution in [3.8, 4) is 0 Å². The highest BCUT2D eigenvalue weighted by Gasteiger charge is 2.31. The normalized spacial score (nSPS) is 15.5. The topological polar surface area (TPSA) is 103 Å². The lowest BCUT2D eigenvalue weighted by Gasteiger charge is -2.26. The van der Waals surface area contributed by atoms with E-state index in [4.69, 9.17) is 5.11 Å². The molecule has 0 spiro atoms. The molecule has 0 unspecified atom stereocenters. The van der Waals surface area contributed by atoms with Crippen LogP contribution in [-0.4, -0.2) is 40.5 Å². The molecule has 9 heteroatoms. The first-order chi connectivity index (χ1) is 10.4. The maximum atomic E-state index is 12.6. The highest BCUT2D eigenvalue weighted by molar-refractivity contribution is 9.10. The largest absolute Gasteiger partial charge is 0.476 e. The summed E-state index contributed by atoms with van der Waals surface area (Å²) in [7, 11) is -3.62. The first kappa shape index (κ1) is 15.2. The predicted molar refractivity (Wildman–Crippen MR) is 81.0 cm³/mol. The SMILES string of the molecule is O=C(O)c1n[nH]c2c1CCN(S(=O)(=O)c1ccc(Br)cc1)C2. The van der Waals surface area contributed by atoms with Gasteiger partial charge in [0.05, 0.1) is 17.1 Å². The Hall–Kier alpha value is -1.71. The van der Waals surface area contributed by atoms with Crippen LogP contribution in [0.3, 0.4) is 0 Å². The Labute approximate surface area is 135 Å². The van der Waals surface area contributed by atoms with Crippen LogP contribution in [0.4, 0.5) is 0 Å². The molecule has 0 amide bonds. The minimum Gasteiger partial charge on any atom is -0.476 e. The zero-order valence-electron chi connectivity index (χ0n) is 11.3. The Morgan fingerprint density at radius 1 is 1.32 bits per heavy atom. The van der Waals surface area contributed by atoms with Gasteiger partial charge in [0.15, 0.2) is 5.69 Å². The number of aromatic carboxylic acids is 1. The van der Waals surface area contributed by atoms with Crippen molar-refractivity contribution in [2.24, 2.45) is 0 Å². The summed E-state index contributed by atoms with van der Waals surface area (Å²) in [6.45, 7) is 0.319. The molecule has 0 saturated carbocycles. The van der Waals surface area contributed by atoms with Gasteiger partial charge in [-0.25, -0.2) is 13.2 Å². The quantitative estimate of drug-likeness (QED) is 0.835. The summed E-state index contributed by atoms with van der Waals surface area (Å²) in [4.78, 5) is 11.3. The molecule has 2 N–H and O–H groups in total. The minimum absolute atomic E-state index is 0.0318. The van der Waals surface area contributed by atoms with Crippen molar-refractivity contribution in [3.63, 3.8) is 0 Å². The fourth-order valence-corrected chi connectivity index (χ4v) is 4.10. The van der Waals surface area contributed by atoms with Crippen molar-refractivity contribution < 1.29 is 18.3 Å². The van der Waals surface area contributed by atoms with Crippen molar-refractivity contribution in [2.75, 3.05) is 6.54 Å². The van der Waals surface area contributed by atoms with E-state index in [1.807, 2.05) is 0 Å². The van der Waals surface area contributed by atoms with E-state index in [1.54, 1.807) is 12.1 Å². The van der Waals surface area contributed by atoms with Gasteiger partial charge in [0, 0.05) is 16.6 Å². The summed E-state index contributed by atoms with van der Waals surface area (Å²) in [5.74, 6) is -1.11. The first-order valence-electron chi connectivity index (χ1n) is 6.44. The molecule has 1 aromatic heterocycles. The van der Waals surface area contributed by atoms with Gasteiger partial charge in [-0.2, -0.15) is 9.40 Å². The molecule has 2 aromatic rings. The van der Waals surface area contributed by atoms with Crippen molar-refractivity contribution >= 4 is 31.9 Å². The van der Waals surface area contributed by atoms with Crippen LogP contribution in [0.5, 0.6) is 0 Å². The van der Waals surface area contributed by atoms with E-state index in [2.05, 4.69) is 26.1 Å². The minimum atomic E-state index is -3.62. The van der Waals surface area contributed by atoms with E-state index in [0.29, 0.717) is 17.7 Å². The second-order valence-corrected chi connectivity index (χ2v) is 7.73. The van der Waals surface area contributed by atoms with E-state index in [0.717, 1.165) is 4.47 Å². The smallest absolute Gasteiger partial charge is 0.356 e. The van der Waals surface area contributed by atoms with Crippen LogP contribution < -0.4 is 0 Å². The molecule has 1 aliphatic rings. The maximum Gasteiger partial charge on any atom is 0.356 e. The van der Waals surface area contributed by atoms with Gasteiger partial charge in [-0.05, 0) is 30.7 Å². The summed E-state index contributed by atoms with van der Waals surface area (Å²) in [6, 6.07) is 6.40. The van der Waals surface area contributed by atoms with Crippen molar-refractivity contribution in [2.45, 2.75) is 17.9 Å². The number of rotatable bonds is 3. The van der Waals surface area contributed by atoms with Gasteiger partial charge >= 0.3 is 5.97 Å². The molecule has 0 fully saturated rings.